The molecule has 1 unspecified atom stereocenters. The Hall–Kier alpha value is -2.00. The molecule has 2 rings (SSSR count). The zero-order valence-electron chi connectivity index (χ0n) is 13.1. The smallest absolute Gasteiger partial charge is 0.141 e. The van der Waals surface area contributed by atoms with E-state index in [2.05, 4.69) is 37.4 Å². The largest absolute Gasteiger partial charge is 0.495 e. The Bertz CT molecular complexity index is 624. The van der Waals surface area contributed by atoms with Gasteiger partial charge < -0.3 is 15.2 Å². The van der Waals surface area contributed by atoms with Crippen molar-refractivity contribution in [3.05, 3.63) is 59.2 Å². The highest BCUT2D eigenvalue weighted by Gasteiger charge is 2.28. The molecule has 0 spiro atoms. The number of aliphatic hydroxyl groups is 1. The monoisotopic (exact) mass is 285 g/mol. The summed E-state index contributed by atoms with van der Waals surface area (Å²) >= 11 is 0. The van der Waals surface area contributed by atoms with Crippen molar-refractivity contribution in [2.45, 2.75) is 26.3 Å². The van der Waals surface area contributed by atoms with E-state index in [1.165, 1.54) is 5.56 Å². The lowest BCUT2D eigenvalue weighted by molar-refractivity contribution is 0.223. The number of methoxy groups -OCH3 is 1. The van der Waals surface area contributed by atoms with Crippen molar-refractivity contribution < 1.29 is 9.84 Å². The molecule has 3 heteroatoms. The molecule has 112 valence electrons. The lowest BCUT2D eigenvalue weighted by Gasteiger charge is -2.32. The van der Waals surface area contributed by atoms with E-state index in [9.17, 15) is 5.11 Å². The first kappa shape index (κ1) is 15.4. The van der Waals surface area contributed by atoms with E-state index in [4.69, 9.17) is 4.74 Å². The minimum atomic E-state index is -0.563. The molecule has 0 fully saturated rings. The molecular weight excluding hydrogens is 262 g/mol. The van der Waals surface area contributed by atoms with E-state index in [-0.39, 0.29) is 6.61 Å². The van der Waals surface area contributed by atoms with Crippen molar-refractivity contribution in [2.75, 3.05) is 19.0 Å². The summed E-state index contributed by atoms with van der Waals surface area (Å²) in [5, 5.41) is 13.4. The van der Waals surface area contributed by atoms with E-state index < -0.39 is 5.54 Å². The van der Waals surface area contributed by atoms with Crippen LogP contribution in [0.3, 0.4) is 0 Å². The van der Waals surface area contributed by atoms with Crippen LogP contribution in [0.5, 0.6) is 5.75 Å². The van der Waals surface area contributed by atoms with Gasteiger partial charge >= 0.3 is 0 Å². The van der Waals surface area contributed by atoms with Crippen LogP contribution in [0.4, 0.5) is 5.69 Å². The zero-order chi connectivity index (χ0) is 15.5. The first-order valence-electron chi connectivity index (χ1n) is 7.10. The Morgan fingerprint density at radius 1 is 1.14 bits per heavy atom. The fourth-order valence-electron chi connectivity index (χ4n) is 2.67. The molecule has 2 aromatic rings. The Labute approximate surface area is 126 Å². The third kappa shape index (κ3) is 3.19. The molecule has 0 bridgehead atoms. The normalized spacial score (nSPS) is 13.6. The lowest BCUT2D eigenvalue weighted by atomic mass is 9.88. The van der Waals surface area contributed by atoms with Crippen LogP contribution in [-0.4, -0.2) is 18.8 Å². The van der Waals surface area contributed by atoms with E-state index in [0.717, 1.165) is 22.6 Å². The highest BCUT2D eigenvalue weighted by molar-refractivity contribution is 5.59. The molecule has 0 aromatic heterocycles. The van der Waals surface area contributed by atoms with Gasteiger partial charge in [-0.2, -0.15) is 0 Å². The molecule has 3 nitrogen and oxygen atoms in total. The van der Waals surface area contributed by atoms with Crippen molar-refractivity contribution in [1.29, 1.82) is 0 Å². The van der Waals surface area contributed by atoms with Crippen LogP contribution in [0.1, 0.15) is 23.6 Å². The van der Waals surface area contributed by atoms with Gasteiger partial charge in [0, 0.05) is 0 Å². The van der Waals surface area contributed by atoms with Gasteiger partial charge in [-0.15, -0.1) is 0 Å². The van der Waals surface area contributed by atoms with Crippen molar-refractivity contribution in [1.82, 2.24) is 0 Å². The maximum absolute atomic E-state index is 9.95. The van der Waals surface area contributed by atoms with Crippen LogP contribution >= 0.6 is 0 Å². The summed E-state index contributed by atoms with van der Waals surface area (Å²) in [6.07, 6.45) is 0. The number of anilines is 1. The first-order chi connectivity index (χ1) is 10.00. The second-order valence-corrected chi connectivity index (χ2v) is 5.63. The van der Waals surface area contributed by atoms with Crippen LogP contribution < -0.4 is 10.1 Å². The Balaban J connectivity index is 2.41. The maximum Gasteiger partial charge on any atom is 0.141 e. The summed E-state index contributed by atoms with van der Waals surface area (Å²) in [5.74, 6) is 0.766. The number of benzene rings is 2. The maximum atomic E-state index is 9.95. The highest BCUT2D eigenvalue weighted by atomic mass is 16.5. The molecule has 2 N–H and O–H groups in total. The number of hydrogen-bond acceptors (Lipinski definition) is 3. The Morgan fingerprint density at radius 3 is 2.48 bits per heavy atom. The van der Waals surface area contributed by atoms with Crippen molar-refractivity contribution in [3.63, 3.8) is 0 Å². The minimum Gasteiger partial charge on any atom is -0.495 e. The van der Waals surface area contributed by atoms with Gasteiger partial charge in [-0.1, -0.05) is 35.9 Å². The molecule has 21 heavy (non-hydrogen) atoms. The molecular formula is C18H23NO2. The molecule has 0 amide bonds. The van der Waals surface area contributed by atoms with Crippen LogP contribution in [0.15, 0.2) is 42.5 Å². The second-order valence-electron chi connectivity index (χ2n) is 5.63. The van der Waals surface area contributed by atoms with E-state index in [1.54, 1.807) is 7.11 Å². The van der Waals surface area contributed by atoms with Crippen LogP contribution in [0, 0.1) is 13.8 Å². The van der Waals surface area contributed by atoms with Gasteiger partial charge in [0.2, 0.25) is 0 Å². The number of ether oxygens (including phenoxy) is 1. The quantitative estimate of drug-likeness (QED) is 0.881. The average Bonchev–Trinajstić information content (AvgIpc) is 2.47. The summed E-state index contributed by atoms with van der Waals surface area (Å²) in [4.78, 5) is 0. The van der Waals surface area contributed by atoms with Crippen LogP contribution in [-0.2, 0) is 5.54 Å². The molecule has 1 atom stereocenters. The summed E-state index contributed by atoms with van der Waals surface area (Å²) in [5.41, 5.74) is 3.77. The minimum absolute atomic E-state index is 0.00501. The van der Waals surface area contributed by atoms with Crippen molar-refractivity contribution >= 4 is 5.69 Å². The standard InChI is InChI=1S/C18H23NO2/c1-13-9-10-15(14(2)11-13)18(3,12-20)19-16-7-5-6-8-17(16)21-4/h5-11,19-20H,12H2,1-4H3. The number of aryl methyl sites for hydroxylation is 2. The third-order valence-electron chi connectivity index (χ3n) is 3.81. The van der Waals surface area contributed by atoms with E-state index >= 15 is 0 Å². The second kappa shape index (κ2) is 6.19. The van der Waals surface area contributed by atoms with Crippen molar-refractivity contribution in [2.24, 2.45) is 0 Å². The van der Waals surface area contributed by atoms with Crippen LogP contribution in [0.25, 0.3) is 0 Å². The van der Waals surface area contributed by atoms with Gasteiger partial charge in [-0.05, 0) is 44.0 Å². The number of nitrogens with one attached hydrogen (secondary N) is 1. The number of rotatable bonds is 5. The predicted octanol–water partition coefficient (Wildman–Crippen LogP) is 3.63. The summed E-state index contributed by atoms with van der Waals surface area (Å²) in [7, 11) is 1.65. The summed E-state index contributed by atoms with van der Waals surface area (Å²) in [6.45, 7) is 6.13. The molecule has 0 aliphatic carbocycles. The molecule has 0 radical (unpaired) electrons. The van der Waals surface area contributed by atoms with Gasteiger partial charge in [-0.3, -0.25) is 0 Å². The van der Waals surface area contributed by atoms with Crippen molar-refractivity contribution in [3.8, 4) is 5.75 Å². The molecule has 0 aliphatic heterocycles. The van der Waals surface area contributed by atoms with Gasteiger partial charge in [0.25, 0.3) is 0 Å². The first-order valence-corrected chi connectivity index (χ1v) is 7.10. The third-order valence-corrected chi connectivity index (χ3v) is 3.81. The molecule has 0 heterocycles. The number of aliphatic hydroxyl groups excluding tert-OH is 1. The fraction of sp³-hybridized carbons (Fsp3) is 0.333. The summed E-state index contributed by atoms with van der Waals surface area (Å²) < 4.78 is 5.38. The average molecular weight is 285 g/mol. The molecule has 0 saturated heterocycles. The SMILES string of the molecule is COc1ccccc1NC(C)(CO)c1ccc(C)cc1C. The lowest BCUT2D eigenvalue weighted by Crippen LogP contribution is -2.36. The van der Waals surface area contributed by atoms with Gasteiger partial charge in [0.1, 0.15) is 5.75 Å². The molecule has 2 aromatic carbocycles. The van der Waals surface area contributed by atoms with Gasteiger partial charge in [0.15, 0.2) is 0 Å². The topological polar surface area (TPSA) is 41.5 Å². The zero-order valence-corrected chi connectivity index (χ0v) is 13.1. The van der Waals surface area contributed by atoms with E-state index in [1.807, 2.05) is 31.2 Å². The number of para-hydroxylation sites is 2. The van der Waals surface area contributed by atoms with Gasteiger partial charge in [-0.25, -0.2) is 0 Å². The predicted molar refractivity (Wildman–Crippen MR) is 87.0 cm³/mol. The van der Waals surface area contributed by atoms with Crippen LogP contribution in [0.2, 0.25) is 0 Å². The summed E-state index contributed by atoms with van der Waals surface area (Å²) in [6, 6.07) is 14.0. The van der Waals surface area contributed by atoms with Gasteiger partial charge in [0.05, 0.1) is 24.9 Å². The molecule has 0 aliphatic rings. The Kier molecular flexibility index (Phi) is 4.53. The number of hydrogen-bond donors (Lipinski definition) is 2. The van der Waals surface area contributed by atoms with E-state index in [0.29, 0.717) is 0 Å². The Morgan fingerprint density at radius 2 is 1.86 bits per heavy atom. The highest BCUT2D eigenvalue weighted by Crippen LogP contribution is 2.33. The molecule has 0 saturated carbocycles. The fourth-order valence-corrected chi connectivity index (χ4v) is 2.67.